The number of hydrogen-bond donors (Lipinski definition) is 1. The van der Waals surface area contributed by atoms with Crippen molar-refractivity contribution in [2.45, 2.75) is 26.3 Å². The minimum atomic E-state index is -0.426. The number of aryl methyl sites for hydroxylation is 1. The maximum absolute atomic E-state index is 10.7. The Morgan fingerprint density at radius 1 is 1.53 bits per heavy atom. The van der Waals surface area contributed by atoms with Gasteiger partial charge in [0.15, 0.2) is 0 Å². The first kappa shape index (κ1) is 13.4. The Morgan fingerprint density at radius 3 is 2.84 bits per heavy atom. The standard InChI is InChI=1S/C12H14N4O2S/c1-3-9(12-13-6-7-19-12)15-11-5-4-10(16(17)18)8(2)14-11/h4-7,9H,3H2,1-2H3,(H,14,15). The van der Waals surface area contributed by atoms with Gasteiger partial charge in [0, 0.05) is 17.6 Å². The SMILES string of the molecule is CCC(Nc1ccc([N+](=O)[O-])c(C)n1)c1nccs1. The zero-order chi connectivity index (χ0) is 13.8. The molecule has 2 rings (SSSR count). The van der Waals surface area contributed by atoms with Gasteiger partial charge in [0.25, 0.3) is 5.69 Å². The molecule has 7 heteroatoms. The van der Waals surface area contributed by atoms with E-state index in [2.05, 4.69) is 22.2 Å². The summed E-state index contributed by atoms with van der Waals surface area (Å²) in [5, 5.41) is 16.9. The molecule has 0 aliphatic heterocycles. The molecule has 19 heavy (non-hydrogen) atoms. The molecule has 0 radical (unpaired) electrons. The monoisotopic (exact) mass is 278 g/mol. The number of nitrogens with one attached hydrogen (secondary N) is 1. The zero-order valence-corrected chi connectivity index (χ0v) is 11.5. The molecule has 2 aromatic heterocycles. The minimum Gasteiger partial charge on any atom is -0.361 e. The van der Waals surface area contributed by atoms with E-state index in [1.165, 1.54) is 6.07 Å². The zero-order valence-electron chi connectivity index (χ0n) is 10.7. The summed E-state index contributed by atoms with van der Waals surface area (Å²) in [7, 11) is 0. The molecule has 6 nitrogen and oxygen atoms in total. The highest BCUT2D eigenvalue weighted by atomic mass is 32.1. The predicted molar refractivity (Wildman–Crippen MR) is 74.4 cm³/mol. The number of anilines is 1. The summed E-state index contributed by atoms with van der Waals surface area (Å²) >= 11 is 1.58. The lowest BCUT2D eigenvalue weighted by atomic mass is 10.2. The fraction of sp³-hybridized carbons (Fsp3) is 0.333. The Bertz CT molecular complexity index is 571. The van der Waals surface area contributed by atoms with E-state index in [4.69, 9.17) is 0 Å². The lowest BCUT2D eigenvalue weighted by Crippen LogP contribution is -2.11. The van der Waals surface area contributed by atoms with Gasteiger partial charge in [-0.05, 0) is 19.4 Å². The normalized spacial score (nSPS) is 12.1. The molecular formula is C12H14N4O2S. The van der Waals surface area contributed by atoms with Crippen LogP contribution in [0.1, 0.15) is 30.1 Å². The molecule has 1 N–H and O–H groups in total. The van der Waals surface area contributed by atoms with Crippen molar-refractivity contribution in [2.24, 2.45) is 0 Å². The number of rotatable bonds is 5. The average molecular weight is 278 g/mol. The molecule has 1 atom stereocenters. The number of aromatic nitrogens is 2. The van der Waals surface area contributed by atoms with Crippen molar-refractivity contribution in [1.29, 1.82) is 0 Å². The van der Waals surface area contributed by atoms with Crippen molar-refractivity contribution in [3.63, 3.8) is 0 Å². The van der Waals surface area contributed by atoms with Gasteiger partial charge in [0.05, 0.1) is 11.0 Å². The summed E-state index contributed by atoms with van der Waals surface area (Å²) in [5.41, 5.74) is 0.442. The molecule has 100 valence electrons. The van der Waals surface area contributed by atoms with Crippen LogP contribution in [-0.2, 0) is 0 Å². The smallest absolute Gasteiger partial charge is 0.290 e. The third kappa shape index (κ3) is 3.05. The number of hydrogen-bond acceptors (Lipinski definition) is 6. The summed E-state index contributed by atoms with van der Waals surface area (Å²) in [6.45, 7) is 3.69. The van der Waals surface area contributed by atoms with E-state index in [9.17, 15) is 10.1 Å². The van der Waals surface area contributed by atoms with E-state index in [1.54, 1.807) is 30.5 Å². The van der Waals surface area contributed by atoms with Gasteiger partial charge in [0.1, 0.15) is 16.5 Å². The summed E-state index contributed by atoms with van der Waals surface area (Å²) < 4.78 is 0. The molecule has 0 saturated carbocycles. The molecule has 1 unspecified atom stereocenters. The fourth-order valence-corrected chi connectivity index (χ4v) is 2.52. The molecule has 0 aliphatic rings. The van der Waals surface area contributed by atoms with Crippen LogP contribution >= 0.6 is 11.3 Å². The van der Waals surface area contributed by atoms with Crippen LogP contribution in [0.3, 0.4) is 0 Å². The lowest BCUT2D eigenvalue weighted by molar-refractivity contribution is -0.385. The molecule has 0 bridgehead atoms. The van der Waals surface area contributed by atoms with Crippen LogP contribution in [-0.4, -0.2) is 14.9 Å². The summed E-state index contributed by atoms with van der Waals surface area (Å²) in [5.74, 6) is 0.630. The minimum absolute atomic E-state index is 0.0350. The summed E-state index contributed by atoms with van der Waals surface area (Å²) in [6, 6.07) is 3.18. The average Bonchev–Trinajstić information content (AvgIpc) is 2.89. The lowest BCUT2D eigenvalue weighted by Gasteiger charge is -2.15. The van der Waals surface area contributed by atoms with Crippen LogP contribution < -0.4 is 5.32 Å². The van der Waals surface area contributed by atoms with E-state index in [1.807, 2.05) is 5.38 Å². The highest BCUT2D eigenvalue weighted by Crippen LogP contribution is 2.25. The van der Waals surface area contributed by atoms with E-state index < -0.39 is 4.92 Å². The number of nitrogens with zero attached hydrogens (tertiary/aromatic N) is 3. The molecule has 0 aliphatic carbocycles. The van der Waals surface area contributed by atoms with Gasteiger partial charge in [0.2, 0.25) is 0 Å². The maximum Gasteiger partial charge on any atom is 0.290 e. The highest BCUT2D eigenvalue weighted by Gasteiger charge is 2.15. The summed E-state index contributed by atoms with van der Waals surface area (Å²) in [6.07, 6.45) is 2.63. The first-order chi connectivity index (χ1) is 9.11. The Kier molecular flexibility index (Phi) is 4.06. The molecule has 0 spiro atoms. The number of nitro groups is 1. The van der Waals surface area contributed by atoms with Crippen molar-refractivity contribution in [3.8, 4) is 0 Å². The van der Waals surface area contributed by atoms with Crippen molar-refractivity contribution in [3.05, 3.63) is 44.5 Å². The number of pyridine rings is 1. The molecule has 2 aromatic rings. The summed E-state index contributed by atoms with van der Waals surface area (Å²) in [4.78, 5) is 18.8. The van der Waals surface area contributed by atoms with Crippen LogP contribution in [0.2, 0.25) is 0 Å². The number of thiazole rings is 1. The van der Waals surface area contributed by atoms with Gasteiger partial charge in [-0.2, -0.15) is 0 Å². The van der Waals surface area contributed by atoms with Gasteiger partial charge in [-0.3, -0.25) is 10.1 Å². The molecule has 0 aromatic carbocycles. The van der Waals surface area contributed by atoms with Crippen LogP contribution in [0, 0.1) is 17.0 Å². The van der Waals surface area contributed by atoms with Crippen molar-refractivity contribution < 1.29 is 4.92 Å². The predicted octanol–water partition coefficient (Wildman–Crippen LogP) is 3.32. The van der Waals surface area contributed by atoms with Gasteiger partial charge in [-0.15, -0.1) is 11.3 Å². The first-order valence-electron chi connectivity index (χ1n) is 5.89. The van der Waals surface area contributed by atoms with Crippen LogP contribution in [0.15, 0.2) is 23.7 Å². The molecule has 0 amide bonds. The highest BCUT2D eigenvalue weighted by molar-refractivity contribution is 7.09. The van der Waals surface area contributed by atoms with E-state index in [-0.39, 0.29) is 11.7 Å². The van der Waals surface area contributed by atoms with Gasteiger partial charge < -0.3 is 5.32 Å². The molecular weight excluding hydrogens is 264 g/mol. The fourth-order valence-electron chi connectivity index (χ4n) is 1.75. The Balaban J connectivity index is 2.19. The third-order valence-electron chi connectivity index (χ3n) is 2.73. The topological polar surface area (TPSA) is 81.0 Å². The van der Waals surface area contributed by atoms with E-state index >= 15 is 0 Å². The van der Waals surface area contributed by atoms with Crippen LogP contribution in [0.25, 0.3) is 0 Å². The van der Waals surface area contributed by atoms with Crippen molar-refractivity contribution in [1.82, 2.24) is 9.97 Å². The second-order valence-electron chi connectivity index (χ2n) is 4.03. The van der Waals surface area contributed by atoms with Crippen LogP contribution in [0.5, 0.6) is 0 Å². The second-order valence-corrected chi connectivity index (χ2v) is 4.96. The molecule has 0 saturated heterocycles. The molecule has 2 heterocycles. The molecule has 0 fully saturated rings. The quantitative estimate of drug-likeness (QED) is 0.670. The Hall–Kier alpha value is -2.02. The van der Waals surface area contributed by atoms with Crippen molar-refractivity contribution in [2.75, 3.05) is 5.32 Å². The van der Waals surface area contributed by atoms with Gasteiger partial charge in [-0.1, -0.05) is 6.92 Å². The van der Waals surface area contributed by atoms with Crippen LogP contribution in [0.4, 0.5) is 11.5 Å². The third-order valence-corrected chi connectivity index (χ3v) is 3.62. The van der Waals surface area contributed by atoms with Gasteiger partial charge in [-0.25, -0.2) is 9.97 Å². The maximum atomic E-state index is 10.7. The van der Waals surface area contributed by atoms with E-state index in [0.29, 0.717) is 11.5 Å². The Morgan fingerprint density at radius 2 is 2.32 bits per heavy atom. The largest absolute Gasteiger partial charge is 0.361 e. The first-order valence-corrected chi connectivity index (χ1v) is 6.77. The van der Waals surface area contributed by atoms with Gasteiger partial charge >= 0.3 is 0 Å². The Labute approximate surface area is 114 Å². The van der Waals surface area contributed by atoms with E-state index in [0.717, 1.165) is 11.4 Å². The van der Waals surface area contributed by atoms with Crippen molar-refractivity contribution >= 4 is 22.8 Å². The second kappa shape index (κ2) is 5.75.